The zero-order chi connectivity index (χ0) is 15.4. The highest BCUT2D eigenvalue weighted by atomic mass is 35.5. The predicted octanol–water partition coefficient (Wildman–Crippen LogP) is 3.13. The second-order valence-corrected chi connectivity index (χ2v) is 6.43. The Balaban J connectivity index is 2.08. The molecule has 5 heteroatoms. The standard InChI is InChI=1S/C16H27ClN2O2/c1-4-12-15(17)13(19(2)18-12)10-14(20)16(21-3)11-8-6-5-7-9-11/h11,14,16,20H,4-10H2,1-3H3. The molecule has 0 aromatic carbocycles. The van der Waals surface area contributed by atoms with E-state index in [4.69, 9.17) is 16.3 Å². The highest BCUT2D eigenvalue weighted by Gasteiger charge is 2.31. The first-order chi connectivity index (χ1) is 10.1. The fourth-order valence-corrected chi connectivity index (χ4v) is 3.85. The van der Waals surface area contributed by atoms with Crippen LogP contribution >= 0.6 is 11.6 Å². The maximum atomic E-state index is 10.6. The number of ether oxygens (including phenoxy) is 1. The third-order valence-corrected chi connectivity index (χ3v) is 5.11. The number of halogens is 1. The van der Waals surface area contributed by atoms with Crippen molar-refractivity contribution in [2.45, 2.75) is 64.1 Å². The van der Waals surface area contributed by atoms with E-state index < -0.39 is 6.10 Å². The smallest absolute Gasteiger partial charge is 0.0862 e. The molecule has 120 valence electrons. The van der Waals surface area contributed by atoms with E-state index in [0.29, 0.717) is 17.4 Å². The van der Waals surface area contributed by atoms with E-state index in [1.165, 1.54) is 19.3 Å². The molecule has 0 saturated heterocycles. The normalized spacial score (nSPS) is 19.7. The van der Waals surface area contributed by atoms with Crippen LogP contribution in [0.2, 0.25) is 5.02 Å². The molecule has 0 aliphatic heterocycles. The fraction of sp³-hybridized carbons (Fsp3) is 0.812. The monoisotopic (exact) mass is 314 g/mol. The van der Waals surface area contributed by atoms with Gasteiger partial charge in [0.15, 0.2) is 0 Å². The van der Waals surface area contributed by atoms with E-state index in [1.807, 2.05) is 14.0 Å². The largest absolute Gasteiger partial charge is 0.390 e. The molecular formula is C16H27ClN2O2. The molecule has 0 bridgehead atoms. The van der Waals surface area contributed by atoms with Crippen LogP contribution in [0.3, 0.4) is 0 Å². The average Bonchev–Trinajstić information content (AvgIpc) is 2.76. The van der Waals surface area contributed by atoms with Crippen molar-refractivity contribution in [3.05, 3.63) is 16.4 Å². The van der Waals surface area contributed by atoms with Crippen molar-refractivity contribution in [2.75, 3.05) is 7.11 Å². The van der Waals surface area contributed by atoms with Gasteiger partial charge in [-0.05, 0) is 25.2 Å². The number of aromatic nitrogens is 2. The lowest BCUT2D eigenvalue weighted by atomic mass is 9.82. The van der Waals surface area contributed by atoms with Gasteiger partial charge < -0.3 is 9.84 Å². The van der Waals surface area contributed by atoms with Crippen molar-refractivity contribution >= 4 is 11.6 Å². The van der Waals surface area contributed by atoms with Gasteiger partial charge in [0.2, 0.25) is 0 Å². The summed E-state index contributed by atoms with van der Waals surface area (Å²) < 4.78 is 7.40. The van der Waals surface area contributed by atoms with Crippen LogP contribution in [0.25, 0.3) is 0 Å². The third-order valence-electron chi connectivity index (χ3n) is 4.67. The van der Waals surface area contributed by atoms with Gasteiger partial charge in [-0.15, -0.1) is 0 Å². The molecule has 0 amide bonds. The molecular weight excluding hydrogens is 288 g/mol. The van der Waals surface area contributed by atoms with Crippen molar-refractivity contribution in [3.63, 3.8) is 0 Å². The molecule has 4 nitrogen and oxygen atoms in total. The van der Waals surface area contributed by atoms with Gasteiger partial charge in [0.05, 0.1) is 28.6 Å². The molecule has 0 radical (unpaired) electrons. The van der Waals surface area contributed by atoms with E-state index in [-0.39, 0.29) is 6.10 Å². The van der Waals surface area contributed by atoms with Crippen molar-refractivity contribution in [2.24, 2.45) is 13.0 Å². The quantitative estimate of drug-likeness (QED) is 0.877. The summed E-state index contributed by atoms with van der Waals surface area (Å²) in [7, 11) is 3.58. The molecule has 1 aliphatic rings. The van der Waals surface area contributed by atoms with Crippen molar-refractivity contribution in [3.8, 4) is 0 Å². The molecule has 0 spiro atoms. The van der Waals surface area contributed by atoms with Gasteiger partial charge in [0, 0.05) is 20.6 Å². The van der Waals surface area contributed by atoms with Crippen LogP contribution in [0.15, 0.2) is 0 Å². The van der Waals surface area contributed by atoms with E-state index in [1.54, 1.807) is 11.8 Å². The van der Waals surface area contributed by atoms with Gasteiger partial charge >= 0.3 is 0 Å². The topological polar surface area (TPSA) is 47.3 Å². The molecule has 1 saturated carbocycles. The second kappa shape index (κ2) is 7.61. The summed E-state index contributed by atoms with van der Waals surface area (Å²) in [5, 5.41) is 15.7. The van der Waals surface area contributed by atoms with Crippen LogP contribution in [0, 0.1) is 5.92 Å². The maximum Gasteiger partial charge on any atom is 0.0862 e. The van der Waals surface area contributed by atoms with Crippen LogP contribution in [-0.2, 0) is 24.6 Å². The van der Waals surface area contributed by atoms with Crippen molar-refractivity contribution in [1.29, 1.82) is 0 Å². The Morgan fingerprint density at radius 1 is 1.38 bits per heavy atom. The summed E-state index contributed by atoms with van der Waals surface area (Å²) in [6, 6.07) is 0. The summed E-state index contributed by atoms with van der Waals surface area (Å²) in [5.41, 5.74) is 1.80. The van der Waals surface area contributed by atoms with Gasteiger partial charge in [0.25, 0.3) is 0 Å². The average molecular weight is 315 g/mol. The molecule has 1 N–H and O–H groups in total. The summed E-state index contributed by atoms with van der Waals surface area (Å²) in [6.45, 7) is 2.04. The fourth-order valence-electron chi connectivity index (χ4n) is 3.48. The molecule has 1 aliphatic carbocycles. The number of hydrogen-bond acceptors (Lipinski definition) is 3. The summed E-state index contributed by atoms with van der Waals surface area (Å²) in [6.07, 6.45) is 6.74. The number of methoxy groups -OCH3 is 1. The number of rotatable bonds is 6. The minimum Gasteiger partial charge on any atom is -0.390 e. The first kappa shape index (κ1) is 16.8. The lowest BCUT2D eigenvalue weighted by molar-refractivity contribution is -0.0541. The van der Waals surface area contributed by atoms with E-state index >= 15 is 0 Å². The molecule has 21 heavy (non-hydrogen) atoms. The van der Waals surface area contributed by atoms with Gasteiger partial charge in [-0.25, -0.2) is 0 Å². The first-order valence-electron chi connectivity index (χ1n) is 7.99. The van der Waals surface area contributed by atoms with Gasteiger partial charge in [0.1, 0.15) is 0 Å². The van der Waals surface area contributed by atoms with Crippen LogP contribution in [-0.4, -0.2) is 34.2 Å². The summed E-state index contributed by atoms with van der Waals surface area (Å²) in [4.78, 5) is 0. The van der Waals surface area contributed by atoms with Crippen molar-refractivity contribution in [1.82, 2.24) is 9.78 Å². The second-order valence-electron chi connectivity index (χ2n) is 6.05. The number of hydrogen-bond donors (Lipinski definition) is 1. The van der Waals surface area contributed by atoms with Crippen LogP contribution in [0.1, 0.15) is 50.4 Å². The zero-order valence-electron chi connectivity index (χ0n) is 13.3. The van der Waals surface area contributed by atoms with Crippen LogP contribution in [0.5, 0.6) is 0 Å². The zero-order valence-corrected chi connectivity index (χ0v) is 14.1. The van der Waals surface area contributed by atoms with Gasteiger partial charge in [-0.1, -0.05) is 37.8 Å². The Morgan fingerprint density at radius 3 is 2.57 bits per heavy atom. The SMILES string of the molecule is CCc1nn(C)c(CC(O)C(OC)C2CCCCC2)c1Cl. The molecule has 2 rings (SSSR count). The number of aryl methyl sites for hydroxylation is 2. The number of aliphatic hydroxyl groups excluding tert-OH is 1. The van der Waals surface area contributed by atoms with E-state index in [0.717, 1.165) is 30.7 Å². The highest BCUT2D eigenvalue weighted by molar-refractivity contribution is 6.31. The molecule has 2 unspecified atom stereocenters. The van der Waals surface area contributed by atoms with Crippen LogP contribution < -0.4 is 0 Å². The van der Waals surface area contributed by atoms with Crippen LogP contribution in [0.4, 0.5) is 0 Å². The molecule has 1 heterocycles. The molecule has 1 aromatic heterocycles. The van der Waals surface area contributed by atoms with Gasteiger partial charge in [-0.2, -0.15) is 5.10 Å². The highest BCUT2D eigenvalue weighted by Crippen LogP contribution is 2.31. The van der Waals surface area contributed by atoms with E-state index in [9.17, 15) is 5.11 Å². The number of nitrogens with zero attached hydrogens (tertiary/aromatic N) is 2. The number of aliphatic hydroxyl groups is 1. The summed E-state index contributed by atoms with van der Waals surface area (Å²) >= 11 is 6.37. The predicted molar refractivity (Wildman–Crippen MR) is 84.7 cm³/mol. The molecule has 1 aromatic rings. The Bertz CT molecular complexity index is 455. The lowest BCUT2D eigenvalue weighted by Crippen LogP contribution is -2.38. The minimum atomic E-state index is -0.532. The van der Waals surface area contributed by atoms with E-state index in [2.05, 4.69) is 5.10 Å². The lowest BCUT2D eigenvalue weighted by Gasteiger charge is -2.32. The Kier molecular flexibility index (Phi) is 6.08. The maximum absolute atomic E-state index is 10.6. The minimum absolute atomic E-state index is 0.110. The molecule has 2 atom stereocenters. The Morgan fingerprint density at radius 2 is 2.05 bits per heavy atom. The molecule has 1 fully saturated rings. The Labute approximate surface area is 132 Å². The van der Waals surface area contributed by atoms with Gasteiger partial charge in [-0.3, -0.25) is 4.68 Å². The Hall–Kier alpha value is -0.580. The van der Waals surface area contributed by atoms with Crippen molar-refractivity contribution < 1.29 is 9.84 Å². The first-order valence-corrected chi connectivity index (χ1v) is 8.37. The third kappa shape index (κ3) is 3.79. The summed E-state index contributed by atoms with van der Waals surface area (Å²) in [5.74, 6) is 0.455.